The molecule has 3 aromatic rings. The molecule has 1 N–H and O–H groups in total. The summed E-state index contributed by atoms with van der Waals surface area (Å²) in [6.45, 7) is 1.76. The monoisotopic (exact) mass is 310 g/mol. The molecule has 0 atom stereocenters. The lowest BCUT2D eigenvalue weighted by Crippen LogP contribution is -2.21. The minimum absolute atomic E-state index is 0.0480. The topological polar surface area (TPSA) is 80.6 Å². The van der Waals surface area contributed by atoms with Gasteiger partial charge in [-0.1, -0.05) is 30.3 Å². The second kappa shape index (κ2) is 5.57. The number of fused-ring (bicyclic) bond motifs is 1. The van der Waals surface area contributed by atoms with Crippen LogP contribution < -0.4 is 5.56 Å². The molecule has 0 bridgehead atoms. The van der Waals surface area contributed by atoms with Crippen molar-refractivity contribution in [2.24, 2.45) is 0 Å². The number of rotatable bonds is 3. The number of carbonyl (C=O) groups is 2. The standard InChI is InChI=1S/C17H14N2O4/c1-10-9-19-13(20)8-12(17(22)23-2)14(16(19)18-10)15(21)11-6-4-3-5-7-11/h3-9,18H,1-2H3. The van der Waals surface area contributed by atoms with E-state index < -0.39 is 11.5 Å². The van der Waals surface area contributed by atoms with E-state index in [0.29, 0.717) is 11.3 Å². The van der Waals surface area contributed by atoms with Crippen molar-refractivity contribution in [2.75, 3.05) is 7.11 Å². The van der Waals surface area contributed by atoms with E-state index in [1.807, 2.05) is 0 Å². The third-order valence-electron chi connectivity index (χ3n) is 3.56. The molecule has 0 saturated heterocycles. The van der Waals surface area contributed by atoms with E-state index in [1.165, 1.54) is 11.5 Å². The molecule has 0 aliphatic carbocycles. The lowest BCUT2D eigenvalue weighted by Gasteiger charge is -2.09. The van der Waals surface area contributed by atoms with Gasteiger partial charge >= 0.3 is 5.97 Å². The smallest absolute Gasteiger partial charge is 0.338 e. The summed E-state index contributed by atoms with van der Waals surface area (Å²) in [4.78, 5) is 40.1. The highest BCUT2D eigenvalue weighted by atomic mass is 16.5. The fraction of sp³-hybridized carbons (Fsp3) is 0.118. The number of ketones is 1. The number of benzene rings is 1. The molecule has 2 heterocycles. The van der Waals surface area contributed by atoms with Gasteiger partial charge in [-0.05, 0) is 6.92 Å². The molecule has 0 spiro atoms. The van der Waals surface area contributed by atoms with Crippen molar-refractivity contribution < 1.29 is 14.3 Å². The number of hydrogen-bond donors (Lipinski definition) is 1. The van der Waals surface area contributed by atoms with Gasteiger partial charge in [0.15, 0.2) is 5.78 Å². The maximum absolute atomic E-state index is 12.9. The molecule has 0 unspecified atom stereocenters. The predicted octanol–water partition coefficient (Wildman–Crippen LogP) is 1.95. The van der Waals surface area contributed by atoms with Gasteiger partial charge in [0.25, 0.3) is 5.56 Å². The fourth-order valence-electron chi connectivity index (χ4n) is 2.52. The number of aryl methyl sites for hydroxylation is 1. The van der Waals surface area contributed by atoms with Crippen LogP contribution in [0.4, 0.5) is 0 Å². The van der Waals surface area contributed by atoms with E-state index in [9.17, 15) is 14.4 Å². The number of pyridine rings is 1. The molecule has 6 nitrogen and oxygen atoms in total. The summed E-state index contributed by atoms with van der Waals surface area (Å²) < 4.78 is 6.04. The van der Waals surface area contributed by atoms with Gasteiger partial charge in [-0.3, -0.25) is 14.0 Å². The van der Waals surface area contributed by atoms with Crippen LogP contribution >= 0.6 is 0 Å². The van der Waals surface area contributed by atoms with Crippen LogP contribution in [0.25, 0.3) is 5.65 Å². The number of ether oxygens (including phenoxy) is 1. The Morgan fingerprint density at radius 3 is 2.52 bits per heavy atom. The van der Waals surface area contributed by atoms with Gasteiger partial charge in [0, 0.05) is 23.5 Å². The van der Waals surface area contributed by atoms with Crippen molar-refractivity contribution in [3.63, 3.8) is 0 Å². The highest BCUT2D eigenvalue weighted by Crippen LogP contribution is 2.19. The number of nitrogens with one attached hydrogen (secondary N) is 1. The summed E-state index contributed by atoms with van der Waals surface area (Å²) in [5.41, 5.74) is 1.07. The van der Waals surface area contributed by atoms with E-state index >= 15 is 0 Å². The molecule has 3 rings (SSSR count). The molecule has 1 aromatic carbocycles. The third-order valence-corrected chi connectivity index (χ3v) is 3.56. The van der Waals surface area contributed by atoms with Crippen LogP contribution in [0, 0.1) is 6.92 Å². The molecular formula is C17H14N2O4. The number of hydrogen-bond acceptors (Lipinski definition) is 4. The number of imidazole rings is 1. The fourth-order valence-corrected chi connectivity index (χ4v) is 2.52. The van der Waals surface area contributed by atoms with E-state index in [4.69, 9.17) is 4.74 Å². The van der Waals surface area contributed by atoms with Crippen molar-refractivity contribution in [1.29, 1.82) is 0 Å². The Hall–Kier alpha value is -3.15. The largest absolute Gasteiger partial charge is 0.465 e. The van der Waals surface area contributed by atoms with Gasteiger partial charge in [0.2, 0.25) is 0 Å². The maximum atomic E-state index is 12.9. The molecule has 23 heavy (non-hydrogen) atoms. The van der Waals surface area contributed by atoms with Crippen LogP contribution in [-0.4, -0.2) is 28.2 Å². The van der Waals surface area contributed by atoms with Crippen LogP contribution in [0.2, 0.25) is 0 Å². The average molecular weight is 310 g/mol. The first kappa shape index (κ1) is 14.8. The summed E-state index contributed by atoms with van der Waals surface area (Å²) in [5.74, 6) is -1.08. The highest BCUT2D eigenvalue weighted by Gasteiger charge is 2.24. The third kappa shape index (κ3) is 2.44. The Kier molecular flexibility index (Phi) is 3.57. The van der Waals surface area contributed by atoms with E-state index in [-0.39, 0.29) is 22.6 Å². The van der Waals surface area contributed by atoms with Crippen molar-refractivity contribution in [1.82, 2.24) is 9.38 Å². The average Bonchev–Trinajstić information content (AvgIpc) is 2.96. The molecule has 6 heteroatoms. The second-order valence-electron chi connectivity index (χ2n) is 5.11. The first-order valence-electron chi connectivity index (χ1n) is 6.96. The summed E-state index contributed by atoms with van der Waals surface area (Å²) in [5, 5.41) is 0. The normalized spacial score (nSPS) is 10.7. The van der Waals surface area contributed by atoms with E-state index in [1.54, 1.807) is 43.5 Å². The first-order chi connectivity index (χ1) is 11.0. The van der Waals surface area contributed by atoms with Gasteiger partial charge in [0.05, 0.1) is 18.2 Å². The highest BCUT2D eigenvalue weighted by molar-refractivity contribution is 6.17. The Morgan fingerprint density at radius 1 is 1.17 bits per heavy atom. The number of aromatic amines is 1. The molecule has 2 aromatic heterocycles. The molecule has 116 valence electrons. The quantitative estimate of drug-likeness (QED) is 0.592. The lowest BCUT2D eigenvalue weighted by atomic mass is 9.99. The zero-order valence-corrected chi connectivity index (χ0v) is 12.6. The Bertz CT molecular complexity index is 967. The number of esters is 1. The van der Waals surface area contributed by atoms with Crippen molar-refractivity contribution in [2.45, 2.75) is 6.92 Å². The predicted molar refractivity (Wildman–Crippen MR) is 84.0 cm³/mol. The molecule has 0 radical (unpaired) electrons. The van der Waals surface area contributed by atoms with E-state index in [2.05, 4.69) is 4.98 Å². The van der Waals surface area contributed by atoms with Gasteiger partial charge in [0.1, 0.15) is 5.65 Å². The first-order valence-corrected chi connectivity index (χ1v) is 6.96. The van der Waals surface area contributed by atoms with Crippen molar-refractivity contribution in [3.8, 4) is 0 Å². The lowest BCUT2D eigenvalue weighted by molar-refractivity contribution is 0.0597. The van der Waals surface area contributed by atoms with Crippen LogP contribution in [0.15, 0.2) is 47.4 Å². The zero-order valence-electron chi connectivity index (χ0n) is 12.6. The van der Waals surface area contributed by atoms with Crippen LogP contribution in [0.3, 0.4) is 0 Å². The zero-order chi connectivity index (χ0) is 16.6. The number of nitrogens with zero attached hydrogens (tertiary/aromatic N) is 1. The van der Waals surface area contributed by atoms with Gasteiger partial charge < -0.3 is 9.72 Å². The number of aromatic nitrogens is 2. The van der Waals surface area contributed by atoms with Gasteiger partial charge in [-0.25, -0.2) is 4.79 Å². The molecule has 0 saturated carbocycles. The molecular weight excluding hydrogens is 296 g/mol. The van der Waals surface area contributed by atoms with Crippen molar-refractivity contribution in [3.05, 3.63) is 75.3 Å². The summed E-state index contributed by atoms with van der Waals surface area (Å²) >= 11 is 0. The number of methoxy groups -OCH3 is 1. The van der Waals surface area contributed by atoms with Crippen LogP contribution in [0.1, 0.15) is 32.0 Å². The molecule has 0 aliphatic rings. The minimum Gasteiger partial charge on any atom is -0.465 e. The molecule has 0 amide bonds. The SMILES string of the molecule is COC(=O)c1cc(=O)n2cc(C)[nH]c2c1C(=O)c1ccccc1. The van der Waals surface area contributed by atoms with Gasteiger partial charge in [-0.15, -0.1) is 0 Å². The minimum atomic E-state index is -0.726. The number of H-pyrrole nitrogens is 1. The number of carbonyl (C=O) groups excluding carboxylic acids is 2. The van der Waals surface area contributed by atoms with Crippen LogP contribution in [0.5, 0.6) is 0 Å². The maximum Gasteiger partial charge on any atom is 0.338 e. The second-order valence-corrected chi connectivity index (χ2v) is 5.11. The molecule has 0 fully saturated rings. The van der Waals surface area contributed by atoms with E-state index in [0.717, 1.165) is 6.07 Å². The van der Waals surface area contributed by atoms with Gasteiger partial charge in [-0.2, -0.15) is 0 Å². The summed E-state index contributed by atoms with van der Waals surface area (Å²) in [6, 6.07) is 9.69. The Labute approximate surface area is 131 Å². The molecule has 0 aliphatic heterocycles. The van der Waals surface area contributed by atoms with Crippen molar-refractivity contribution >= 4 is 17.4 Å². The summed E-state index contributed by atoms with van der Waals surface area (Å²) in [7, 11) is 1.21. The Balaban J connectivity index is 2.37. The summed E-state index contributed by atoms with van der Waals surface area (Å²) in [6.07, 6.45) is 1.58. The Morgan fingerprint density at radius 2 is 1.87 bits per heavy atom. The van der Waals surface area contributed by atoms with Crippen LogP contribution in [-0.2, 0) is 4.74 Å².